The van der Waals surface area contributed by atoms with Gasteiger partial charge in [0.15, 0.2) is 5.92 Å². The summed E-state index contributed by atoms with van der Waals surface area (Å²) in [5, 5.41) is 9.55. The Morgan fingerprint density at radius 3 is 2.27 bits per heavy atom. The highest BCUT2D eigenvalue weighted by Gasteiger charge is 2.37. The summed E-state index contributed by atoms with van der Waals surface area (Å²) in [5.41, 5.74) is 3.68. The number of aliphatic carboxylic acids is 1. The molecule has 1 N–H and O–H groups in total. The number of alkyl halides is 3. The lowest BCUT2D eigenvalue weighted by Gasteiger charge is -2.42. The van der Waals surface area contributed by atoms with Crippen molar-refractivity contribution < 1.29 is 32.6 Å². The molecule has 0 aromatic heterocycles. The number of benzene rings is 2. The van der Waals surface area contributed by atoms with Crippen molar-refractivity contribution >= 4 is 17.5 Å². The number of carboxylic acid groups (broad SMARTS) is 1. The number of hydrogen-bond acceptors (Lipinski definition) is 3. The van der Waals surface area contributed by atoms with Crippen LogP contribution in [0.2, 0.25) is 0 Å². The first-order valence-electron chi connectivity index (χ1n) is 12.5. The Bertz CT molecular complexity index is 1190. The van der Waals surface area contributed by atoms with E-state index in [1.54, 1.807) is 6.08 Å². The van der Waals surface area contributed by atoms with Gasteiger partial charge in [-0.2, -0.15) is 13.2 Å². The van der Waals surface area contributed by atoms with Gasteiger partial charge in [0.1, 0.15) is 0 Å². The van der Waals surface area contributed by atoms with Crippen molar-refractivity contribution in [3.63, 3.8) is 0 Å². The van der Waals surface area contributed by atoms with Gasteiger partial charge in [0.2, 0.25) is 0 Å². The van der Waals surface area contributed by atoms with Crippen LogP contribution in [0.25, 0.3) is 5.57 Å². The molecular formula is C30H35F3O4. The molecule has 2 aromatic rings. The van der Waals surface area contributed by atoms with E-state index in [0.29, 0.717) is 18.4 Å². The minimum absolute atomic E-state index is 0.0507. The van der Waals surface area contributed by atoms with E-state index in [1.807, 2.05) is 0 Å². The largest absolute Gasteiger partial charge is 0.481 e. The minimum atomic E-state index is -4.54. The van der Waals surface area contributed by atoms with Crippen LogP contribution in [-0.4, -0.2) is 24.2 Å². The van der Waals surface area contributed by atoms with Crippen LogP contribution in [-0.2, 0) is 37.8 Å². The third-order valence-corrected chi connectivity index (χ3v) is 7.51. The summed E-state index contributed by atoms with van der Waals surface area (Å²) >= 11 is 0. The molecule has 0 amide bonds. The molecule has 0 bridgehead atoms. The lowest BCUT2D eigenvalue weighted by Crippen LogP contribution is -2.33. The Hall–Kier alpha value is -3.09. The molecule has 1 aliphatic carbocycles. The summed E-state index contributed by atoms with van der Waals surface area (Å²) in [6.07, 6.45) is 0.224. The summed E-state index contributed by atoms with van der Waals surface area (Å²) in [7, 11) is 1.09. The number of allylic oxidation sites excluding steroid dienone is 2. The van der Waals surface area contributed by atoms with Crippen LogP contribution < -0.4 is 0 Å². The summed E-state index contributed by atoms with van der Waals surface area (Å²) in [6.45, 7) is 9.00. The molecule has 3 rings (SSSR count). The third-order valence-electron chi connectivity index (χ3n) is 7.51. The van der Waals surface area contributed by atoms with Crippen molar-refractivity contribution in [3.05, 3.63) is 76.4 Å². The molecule has 0 fully saturated rings. The van der Waals surface area contributed by atoms with E-state index in [-0.39, 0.29) is 22.8 Å². The minimum Gasteiger partial charge on any atom is -0.481 e. The van der Waals surface area contributed by atoms with Crippen LogP contribution in [0, 0.1) is 5.92 Å². The molecule has 7 heteroatoms. The number of fused-ring (bicyclic) bond motifs is 1. The molecule has 1 aliphatic rings. The monoisotopic (exact) mass is 516 g/mol. The predicted octanol–water partition coefficient (Wildman–Crippen LogP) is 7.33. The molecule has 1 atom stereocenters. The molecule has 1 unspecified atom stereocenters. The topological polar surface area (TPSA) is 63.6 Å². The maximum Gasteiger partial charge on any atom is 0.416 e. The second-order valence-corrected chi connectivity index (χ2v) is 11.1. The molecule has 200 valence electrons. The van der Waals surface area contributed by atoms with E-state index in [4.69, 9.17) is 0 Å². The van der Waals surface area contributed by atoms with Crippen LogP contribution in [0.15, 0.2) is 48.5 Å². The van der Waals surface area contributed by atoms with E-state index in [2.05, 4.69) is 50.6 Å². The Morgan fingerprint density at radius 2 is 1.68 bits per heavy atom. The number of hydrogen-bond donors (Lipinski definition) is 1. The summed E-state index contributed by atoms with van der Waals surface area (Å²) in [6, 6.07) is 11.2. The number of carbonyl (C=O) groups excluding carboxylic acids is 1. The zero-order valence-electron chi connectivity index (χ0n) is 22.0. The van der Waals surface area contributed by atoms with Crippen LogP contribution in [0.5, 0.6) is 0 Å². The number of ether oxygens (including phenoxy) is 1. The van der Waals surface area contributed by atoms with Gasteiger partial charge in [0.25, 0.3) is 0 Å². The average Bonchev–Trinajstić information content (AvgIpc) is 2.83. The predicted molar refractivity (Wildman–Crippen MR) is 137 cm³/mol. The van der Waals surface area contributed by atoms with Crippen LogP contribution >= 0.6 is 0 Å². The fourth-order valence-electron chi connectivity index (χ4n) is 5.05. The lowest BCUT2D eigenvalue weighted by molar-refractivity contribution is -0.156. The number of rotatable bonds is 8. The number of carboxylic acids is 1. The van der Waals surface area contributed by atoms with Gasteiger partial charge in [-0.05, 0) is 82.9 Å². The second kappa shape index (κ2) is 10.7. The first kappa shape index (κ1) is 28.5. The van der Waals surface area contributed by atoms with Crippen LogP contribution in [0.3, 0.4) is 0 Å². The van der Waals surface area contributed by atoms with Gasteiger partial charge in [0, 0.05) is 0 Å². The number of aryl methyl sites for hydroxylation is 1. The Morgan fingerprint density at radius 1 is 1.03 bits per heavy atom. The fourth-order valence-corrected chi connectivity index (χ4v) is 5.05. The van der Waals surface area contributed by atoms with E-state index >= 15 is 0 Å². The quantitative estimate of drug-likeness (QED) is 0.295. The highest BCUT2D eigenvalue weighted by Crippen LogP contribution is 2.46. The van der Waals surface area contributed by atoms with E-state index in [0.717, 1.165) is 37.6 Å². The number of esters is 1. The molecule has 4 nitrogen and oxygen atoms in total. The summed E-state index contributed by atoms with van der Waals surface area (Å²) in [5.74, 6) is -3.84. The molecular weight excluding hydrogens is 481 g/mol. The van der Waals surface area contributed by atoms with Gasteiger partial charge >= 0.3 is 18.1 Å². The Balaban J connectivity index is 1.93. The van der Waals surface area contributed by atoms with Gasteiger partial charge in [-0.15, -0.1) is 0 Å². The number of halogens is 3. The van der Waals surface area contributed by atoms with E-state index in [9.17, 15) is 27.9 Å². The normalized spacial score (nSPS) is 17.6. The van der Waals surface area contributed by atoms with Crippen molar-refractivity contribution in [2.45, 2.75) is 76.8 Å². The smallest absolute Gasteiger partial charge is 0.416 e. The highest BCUT2D eigenvalue weighted by molar-refractivity contribution is 5.95. The van der Waals surface area contributed by atoms with Crippen LogP contribution in [0.4, 0.5) is 13.2 Å². The van der Waals surface area contributed by atoms with Gasteiger partial charge in [0.05, 0.1) is 12.7 Å². The third kappa shape index (κ3) is 6.62. The van der Waals surface area contributed by atoms with E-state index in [1.165, 1.54) is 23.3 Å². The summed E-state index contributed by atoms with van der Waals surface area (Å²) in [4.78, 5) is 23.8. The lowest BCUT2D eigenvalue weighted by atomic mass is 9.63. The van der Waals surface area contributed by atoms with Crippen LogP contribution in [0.1, 0.15) is 81.2 Å². The van der Waals surface area contributed by atoms with Crippen molar-refractivity contribution in [1.29, 1.82) is 0 Å². The maximum atomic E-state index is 13.3. The van der Waals surface area contributed by atoms with Crippen molar-refractivity contribution in [3.8, 4) is 0 Å². The average molecular weight is 517 g/mol. The van der Waals surface area contributed by atoms with Crippen molar-refractivity contribution in [1.82, 2.24) is 0 Å². The Kier molecular flexibility index (Phi) is 8.25. The Labute approximate surface area is 216 Å². The molecule has 2 aromatic carbocycles. The van der Waals surface area contributed by atoms with Gasteiger partial charge in [-0.1, -0.05) is 64.1 Å². The van der Waals surface area contributed by atoms with Gasteiger partial charge in [-0.3, -0.25) is 9.59 Å². The number of methoxy groups -OCH3 is 1. The van der Waals surface area contributed by atoms with Gasteiger partial charge in [-0.25, -0.2) is 0 Å². The van der Waals surface area contributed by atoms with Crippen molar-refractivity contribution in [2.75, 3.05) is 7.11 Å². The number of carbonyl (C=O) groups is 2. The molecule has 37 heavy (non-hydrogen) atoms. The molecule has 0 heterocycles. The zero-order valence-corrected chi connectivity index (χ0v) is 22.0. The molecule has 0 spiro atoms. The first-order valence-corrected chi connectivity index (χ1v) is 12.5. The fraction of sp³-hybridized carbons (Fsp3) is 0.467. The van der Waals surface area contributed by atoms with Crippen molar-refractivity contribution in [2.24, 2.45) is 5.92 Å². The molecule has 0 aliphatic heterocycles. The van der Waals surface area contributed by atoms with Gasteiger partial charge < -0.3 is 9.84 Å². The first-order chi connectivity index (χ1) is 17.2. The molecule has 0 saturated heterocycles. The summed E-state index contributed by atoms with van der Waals surface area (Å²) < 4.78 is 44.7. The second-order valence-electron chi connectivity index (χ2n) is 11.1. The standard InChI is InChI=1S/C30H35F3O4/c1-28(2)14-15-29(3,4)25-16-19(12-13-24(25)28)8-6-9-21(18-23(26(34)35)27(36)37-5)20-10-7-11-22(17-20)30(31,32)33/h7,9-13,16-17,23H,6,8,14-15,18H2,1-5H3,(H,34,35)/b21-9+. The zero-order chi connectivity index (χ0) is 27.6. The maximum absolute atomic E-state index is 13.3. The SMILES string of the molecule is COC(=O)C(C/C(=C\CCc1ccc2c(c1)C(C)(C)CCC2(C)C)c1cccc(C(F)(F)F)c1)C(=O)O. The molecule has 0 radical (unpaired) electrons. The van der Waals surface area contributed by atoms with E-state index < -0.39 is 29.6 Å². The molecule has 0 saturated carbocycles. The highest BCUT2D eigenvalue weighted by atomic mass is 19.4.